The van der Waals surface area contributed by atoms with Gasteiger partial charge in [0.05, 0.1) is 9.85 Å². The van der Waals surface area contributed by atoms with E-state index in [1.807, 2.05) is 11.0 Å². The molecule has 3 rings (SSSR count). The van der Waals surface area contributed by atoms with Crippen molar-refractivity contribution in [1.29, 1.82) is 0 Å². The molecule has 2 aromatic rings. The minimum atomic E-state index is -0.440. The average Bonchev–Trinajstić information content (AvgIpc) is 2.67. The molecule has 0 unspecified atom stereocenters. The summed E-state index contributed by atoms with van der Waals surface area (Å²) in [6, 6.07) is 12.8. The van der Waals surface area contributed by atoms with Gasteiger partial charge in [-0.05, 0) is 18.2 Å². The zero-order chi connectivity index (χ0) is 18.7. The van der Waals surface area contributed by atoms with E-state index < -0.39 is 9.85 Å². The van der Waals surface area contributed by atoms with Gasteiger partial charge in [-0.1, -0.05) is 18.3 Å². The highest BCUT2D eigenvalue weighted by atomic mass is 32.1. The molecule has 0 N–H and O–H groups in total. The Hall–Kier alpha value is -3.07. The van der Waals surface area contributed by atoms with Crippen molar-refractivity contribution in [3.63, 3.8) is 0 Å². The van der Waals surface area contributed by atoms with Gasteiger partial charge in [0.15, 0.2) is 0 Å². The number of nitro benzene ring substituents is 2. The second kappa shape index (κ2) is 7.44. The summed E-state index contributed by atoms with van der Waals surface area (Å²) < 4.78 is 0. The van der Waals surface area contributed by atoms with Gasteiger partial charge in [-0.2, -0.15) is 0 Å². The van der Waals surface area contributed by atoms with Gasteiger partial charge < -0.3 is 9.80 Å². The zero-order valence-corrected chi connectivity index (χ0v) is 14.6. The lowest BCUT2D eigenvalue weighted by Gasteiger charge is -2.37. The van der Waals surface area contributed by atoms with E-state index in [1.54, 1.807) is 24.3 Å². The predicted molar refractivity (Wildman–Crippen MR) is 102 cm³/mol. The van der Waals surface area contributed by atoms with Crippen LogP contribution in [0.3, 0.4) is 0 Å². The number of hydrogen-bond acceptors (Lipinski definition) is 6. The monoisotopic (exact) mass is 372 g/mol. The van der Waals surface area contributed by atoms with E-state index in [-0.39, 0.29) is 11.4 Å². The van der Waals surface area contributed by atoms with E-state index in [0.717, 1.165) is 11.3 Å². The first-order chi connectivity index (χ1) is 12.5. The molecule has 1 fully saturated rings. The number of hydrogen-bond donors (Lipinski definition) is 0. The first-order valence-electron chi connectivity index (χ1n) is 7.99. The summed E-state index contributed by atoms with van der Waals surface area (Å²) in [6.45, 7) is 2.74. The van der Waals surface area contributed by atoms with Crippen LogP contribution in [0.25, 0.3) is 0 Å². The number of anilines is 1. The Labute approximate surface area is 154 Å². The van der Waals surface area contributed by atoms with Crippen LogP contribution in [0.2, 0.25) is 0 Å². The van der Waals surface area contributed by atoms with E-state index in [2.05, 4.69) is 4.90 Å². The molecule has 1 aliphatic rings. The molecule has 0 radical (unpaired) electrons. The number of nitro groups is 2. The van der Waals surface area contributed by atoms with Gasteiger partial charge in [-0.25, -0.2) is 0 Å². The second-order valence-corrected chi connectivity index (χ2v) is 6.25. The SMILES string of the molecule is O=[N+]([O-])c1ccc(C(=S)N2CCN(c3cccc([N+](=O)[O-])c3)CC2)cc1. The van der Waals surface area contributed by atoms with Crippen molar-refractivity contribution in [2.45, 2.75) is 0 Å². The highest BCUT2D eigenvalue weighted by molar-refractivity contribution is 7.80. The molecule has 0 amide bonds. The number of nitrogens with zero attached hydrogens (tertiary/aromatic N) is 4. The van der Waals surface area contributed by atoms with Crippen LogP contribution in [0.15, 0.2) is 48.5 Å². The summed E-state index contributed by atoms with van der Waals surface area (Å²) in [6.07, 6.45) is 0. The maximum Gasteiger partial charge on any atom is 0.271 e. The summed E-state index contributed by atoms with van der Waals surface area (Å²) in [7, 11) is 0. The van der Waals surface area contributed by atoms with Crippen molar-refractivity contribution in [1.82, 2.24) is 4.90 Å². The summed E-state index contributed by atoms with van der Waals surface area (Å²) in [4.78, 5) is 25.6. The Morgan fingerprint density at radius 3 is 2.08 bits per heavy atom. The van der Waals surface area contributed by atoms with E-state index in [0.29, 0.717) is 31.2 Å². The lowest BCUT2D eigenvalue weighted by molar-refractivity contribution is -0.385. The molecule has 0 atom stereocenters. The quantitative estimate of drug-likeness (QED) is 0.463. The molecule has 0 spiro atoms. The lowest BCUT2D eigenvalue weighted by Crippen LogP contribution is -2.48. The summed E-state index contributed by atoms with van der Waals surface area (Å²) >= 11 is 5.51. The Morgan fingerprint density at radius 2 is 1.50 bits per heavy atom. The Bertz CT molecular complexity index is 848. The van der Waals surface area contributed by atoms with Crippen LogP contribution in [0, 0.1) is 20.2 Å². The van der Waals surface area contributed by atoms with E-state index in [9.17, 15) is 20.2 Å². The van der Waals surface area contributed by atoms with Gasteiger partial charge in [-0.3, -0.25) is 20.2 Å². The maximum atomic E-state index is 10.9. The van der Waals surface area contributed by atoms with Crippen molar-refractivity contribution in [3.8, 4) is 0 Å². The second-order valence-electron chi connectivity index (χ2n) is 5.86. The standard InChI is InChI=1S/C17H16N4O4S/c22-20(23)14-6-4-13(5-7-14)17(26)19-10-8-18(9-11-19)15-2-1-3-16(12-15)21(24)25/h1-7,12H,8-11H2. The van der Waals surface area contributed by atoms with Crippen molar-refractivity contribution in [2.75, 3.05) is 31.1 Å². The third kappa shape index (κ3) is 3.77. The molecule has 9 heteroatoms. The molecule has 0 saturated carbocycles. The van der Waals surface area contributed by atoms with Crippen LogP contribution in [0.4, 0.5) is 17.1 Å². The molecular weight excluding hydrogens is 356 g/mol. The fourth-order valence-corrected chi connectivity index (χ4v) is 3.20. The van der Waals surface area contributed by atoms with Gasteiger partial charge in [0.1, 0.15) is 4.99 Å². The largest absolute Gasteiger partial charge is 0.368 e. The molecule has 134 valence electrons. The smallest absolute Gasteiger partial charge is 0.271 e. The van der Waals surface area contributed by atoms with Crippen LogP contribution in [0.1, 0.15) is 5.56 Å². The minimum Gasteiger partial charge on any atom is -0.368 e. The highest BCUT2D eigenvalue weighted by Crippen LogP contribution is 2.23. The molecule has 1 aliphatic heterocycles. The van der Waals surface area contributed by atoms with Crippen LogP contribution in [-0.4, -0.2) is 45.9 Å². The van der Waals surface area contributed by atoms with Crippen LogP contribution in [0.5, 0.6) is 0 Å². The van der Waals surface area contributed by atoms with Crippen LogP contribution < -0.4 is 4.90 Å². The highest BCUT2D eigenvalue weighted by Gasteiger charge is 2.21. The Morgan fingerprint density at radius 1 is 0.885 bits per heavy atom. The summed E-state index contributed by atoms with van der Waals surface area (Å²) in [5, 5.41) is 21.7. The molecule has 26 heavy (non-hydrogen) atoms. The van der Waals surface area contributed by atoms with Crippen molar-refractivity contribution in [2.24, 2.45) is 0 Å². The first-order valence-corrected chi connectivity index (χ1v) is 8.39. The molecule has 8 nitrogen and oxygen atoms in total. The minimum absolute atomic E-state index is 0.0343. The van der Waals surface area contributed by atoms with Crippen LogP contribution in [-0.2, 0) is 0 Å². The maximum absolute atomic E-state index is 10.9. The molecule has 2 aromatic carbocycles. The van der Waals surface area contributed by atoms with Crippen molar-refractivity contribution >= 4 is 34.3 Å². The van der Waals surface area contributed by atoms with E-state index >= 15 is 0 Å². The van der Waals surface area contributed by atoms with Gasteiger partial charge in [0.2, 0.25) is 0 Å². The number of non-ortho nitro benzene ring substituents is 2. The summed E-state index contributed by atoms with van der Waals surface area (Å²) in [5.74, 6) is 0. The molecule has 0 bridgehead atoms. The molecule has 0 aromatic heterocycles. The van der Waals surface area contributed by atoms with Gasteiger partial charge >= 0.3 is 0 Å². The first kappa shape index (κ1) is 17.7. The fraction of sp³-hybridized carbons (Fsp3) is 0.235. The van der Waals surface area contributed by atoms with E-state index in [4.69, 9.17) is 12.2 Å². The van der Waals surface area contributed by atoms with Gasteiger partial charge in [-0.15, -0.1) is 0 Å². The van der Waals surface area contributed by atoms with E-state index in [1.165, 1.54) is 18.2 Å². The molecule has 1 saturated heterocycles. The van der Waals surface area contributed by atoms with Crippen molar-refractivity contribution in [3.05, 3.63) is 74.3 Å². The van der Waals surface area contributed by atoms with Gasteiger partial charge in [0.25, 0.3) is 11.4 Å². The lowest BCUT2D eigenvalue weighted by atomic mass is 10.1. The number of thiocarbonyl (C=S) groups is 1. The Balaban J connectivity index is 1.64. The molecule has 1 heterocycles. The number of piperazine rings is 1. The molecular formula is C17H16N4O4S. The molecule has 0 aliphatic carbocycles. The number of rotatable bonds is 4. The topological polar surface area (TPSA) is 92.8 Å². The normalized spacial score (nSPS) is 14.2. The Kier molecular flexibility index (Phi) is 5.08. The third-order valence-corrected chi connectivity index (χ3v) is 4.79. The van der Waals surface area contributed by atoms with Crippen molar-refractivity contribution < 1.29 is 9.85 Å². The summed E-state index contributed by atoms with van der Waals surface area (Å²) in [5.41, 5.74) is 1.70. The fourth-order valence-electron chi connectivity index (χ4n) is 2.88. The zero-order valence-electron chi connectivity index (χ0n) is 13.8. The van der Waals surface area contributed by atoms with Gasteiger partial charge in [0, 0.05) is 61.7 Å². The third-order valence-electron chi connectivity index (χ3n) is 4.30. The van der Waals surface area contributed by atoms with Crippen LogP contribution >= 0.6 is 12.2 Å². The predicted octanol–water partition coefficient (Wildman–Crippen LogP) is 3.00. The average molecular weight is 372 g/mol. The number of benzene rings is 2.